The van der Waals surface area contributed by atoms with Crippen molar-refractivity contribution in [1.82, 2.24) is 10.3 Å². The first-order valence-electron chi connectivity index (χ1n) is 8.80. The number of fused-ring (bicyclic) bond motifs is 1. The average molecular weight is 408 g/mol. The molecule has 1 aromatic heterocycles. The quantitative estimate of drug-likeness (QED) is 0.570. The fourth-order valence-electron chi connectivity index (χ4n) is 2.78. The lowest BCUT2D eigenvalue weighted by molar-refractivity contribution is -0.274. The minimum absolute atomic E-state index is 0.107. The van der Waals surface area contributed by atoms with Gasteiger partial charge in [0.2, 0.25) is 5.91 Å². The van der Waals surface area contributed by atoms with Crippen molar-refractivity contribution in [2.75, 3.05) is 0 Å². The molecule has 3 rings (SSSR count). The van der Waals surface area contributed by atoms with Gasteiger partial charge < -0.3 is 10.1 Å². The second-order valence-corrected chi connectivity index (χ2v) is 7.45. The largest absolute Gasteiger partial charge is 0.573 e. The zero-order valence-corrected chi connectivity index (χ0v) is 15.9. The molecule has 0 saturated heterocycles. The molecule has 3 aromatic rings. The topological polar surface area (TPSA) is 51.2 Å². The number of aryl methyl sites for hydroxylation is 1. The van der Waals surface area contributed by atoms with E-state index in [-0.39, 0.29) is 17.7 Å². The molecule has 1 heterocycles. The van der Waals surface area contributed by atoms with Gasteiger partial charge in [0.05, 0.1) is 21.3 Å². The summed E-state index contributed by atoms with van der Waals surface area (Å²) in [5.41, 5.74) is 1.67. The number of alkyl halides is 3. The van der Waals surface area contributed by atoms with Crippen molar-refractivity contribution in [3.8, 4) is 5.75 Å². The standard InChI is InChI=1S/C20H19F3N2O2S/c1-13(14-9-11-15(12-10-14)27-20(21,22)23)24-18(26)7-4-8-19-25-16-5-2-3-6-17(16)28-19/h2-3,5-6,9-13H,4,7-8H2,1H3,(H,24,26). The predicted octanol–water partition coefficient (Wildman–Crippen LogP) is 5.40. The first-order valence-corrected chi connectivity index (χ1v) is 9.61. The van der Waals surface area contributed by atoms with Crippen LogP contribution >= 0.6 is 11.3 Å². The third kappa shape index (κ3) is 5.69. The number of benzene rings is 2. The van der Waals surface area contributed by atoms with Gasteiger partial charge in [-0.05, 0) is 49.6 Å². The van der Waals surface area contributed by atoms with Gasteiger partial charge in [0.15, 0.2) is 0 Å². The van der Waals surface area contributed by atoms with Crippen LogP contribution in [0, 0.1) is 0 Å². The molecule has 0 radical (unpaired) electrons. The highest BCUT2D eigenvalue weighted by Crippen LogP contribution is 2.25. The third-order valence-corrected chi connectivity index (χ3v) is 5.22. The number of nitrogens with zero attached hydrogens (tertiary/aromatic N) is 1. The van der Waals surface area contributed by atoms with Crippen LogP contribution in [0.2, 0.25) is 0 Å². The second kappa shape index (κ2) is 8.60. The van der Waals surface area contributed by atoms with Crippen LogP contribution in [0.15, 0.2) is 48.5 Å². The van der Waals surface area contributed by atoms with Crippen LogP contribution in [-0.2, 0) is 11.2 Å². The van der Waals surface area contributed by atoms with E-state index >= 15 is 0 Å². The van der Waals surface area contributed by atoms with Gasteiger partial charge in [0, 0.05) is 6.42 Å². The van der Waals surface area contributed by atoms with Crippen LogP contribution in [-0.4, -0.2) is 17.3 Å². The Kier molecular flexibility index (Phi) is 6.18. The van der Waals surface area contributed by atoms with Crippen LogP contribution in [0.5, 0.6) is 5.75 Å². The second-order valence-electron chi connectivity index (χ2n) is 6.33. The molecule has 1 N–H and O–H groups in total. The van der Waals surface area contributed by atoms with Crippen LogP contribution in [0.3, 0.4) is 0 Å². The van der Waals surface area contributed by atoms with Crippen molar-refractivity contribution in [2.24, 2.45) is 0 Å². The van der Waals surface area contributed by atoms with Crippen molar-refractivity contribution in [1.29, 1.82) is 0 Å². The van der Waals surface area contributed by atoms with Crippen LogP contribution < -0.4 is 10.1 Å². The summed E-state index contributed by atoms with van der Waals surface area (Å²) in [7, 11) is 0. The number of hydrogen-bond acceptors (Lipinski definition) is 4. The first kappa shape index (κ1) is 20.1. The molecular weight excluding hydrogens is 389 g/mol. The zero-order chi connectivity index (χ0) is 20.1. The van der Waals surface area contributed by atoms with Crippen LogP contribution in [0.1, 0.15) is 36.4 Å². The van der Waals surface area contributed by atoms with E-state index in [0.29, 0.717) is 18.4 Å². The number of rotatable bonds is 7. The van der Waals surface area contributed by atoms with Gasteiger partial charge in [0.1, 0.15) is 5.75 Å². The minimum atomic E-state index is -4.72. The minimum Gasteiger partial charge on any atom is -0.406 e. The molecule has 0 bridgehead atoms. The van der Waals surface area contributed by atoms with Crippen molar-refractivity contribution in [3.63, 3.8) is 0 Å². The number of halogens is 3. The molecule has 1 unspecified atom stereocenters. The molecule has 8 heteroatoms. The van der Waals surface area contributed by atoms with E-state index < -0.39 is 6.36 Å². The molecule has 1 amide bonds. The molecule has 0 saturated carbocycles. The van der Waals surface area contributed by atoms with E-state index in [1.165, 1.54) is 24.3 Å². The number of thiazole rings is 1. The first-order chi connectivity index (χ1) is 13.3. The van der Waals surface area contributed by atoms with Gasteiger partial charge in [-0.25, -0.2) is 4.98 Å². The number of hydrogen-bond donors (Lipinski definition) is 1. The van der Waals surface area contributed by atoms with Gasteiger partial charge in [-0.15, -0.1) is 24.5 Å². The maximum Gasteiger partial charge on any atom is 0.573 e. The average Bonchev–Trinajstić information content (AvgIpc) is 3.03. The Labute approximate surface area is 164 Å². The number of nitrogens with one attached hydrogen (secondary N) is 1. The summed E-state index contributed by atoms with van der Waals surface area (Å²) >= 11 is 1.63. The Morgan fingerprint density at radius 2 is 1.89 bits per heavy atom. The highest BCUT2D eigenvalue weighted by molar-refractivity contribution is 7.18. The Morgan fingerprint density at radius 3 is 2.57 bits per heavy atom. The summed E-state index contributed by atoms with van der Waals surface area (Å²) in [6, 6.07) is 13.1. The molecule has 148 valence electrons. The van der Waals surface area contributed by atoms with E-state index in [1.54, 1.807) is 18.3 Å². The number of aromatic nitrogens is 1. The Bertz CT molecular complexity index is 906. The molecule has 0 spiro atoms. The smallest absolute Gasteiger partial charge is 0.406 e. The van der Waals surface area contributed by atoms with Gasteiger partial charge in [-0.3, -0.25) is 4.79 Å². The number of carbonyl (C=O) groups excluding carboxylic acids is 1. The fourth-order valence-corrected chi connectivity index (χ4v) is 3.79. The van der Waals surface area contributed by atoms with Gasteiger partial charge in [-0.1, -0.05) is 24.3 Å². The maximum absolute atomic E-state index is 12.2. The summed E-state index contributed by atoms with van der Waals surface area (Å²) in [5.74, 6) is -0.394. The Hall–Kier alpha value is -2.61. The van der Waals surface area contributed by atoms with E-state index in [9.17, 15) is 18.0 Å². The predicted molar refractivity (Wildman–Crippen MR) is 102 cm³/mol. The summed E-state index contributed by atoms with van der Waals surface area (Å²) in [6.45, 7) is 1.78. The molecule has 28 heavy (non-hydrogen) atoms. The molecule has 0 aliphatic rings. The van der Waals surface area contributed by atoms with Crippen molar-refractivity contribution in [2.45, 2.75) is 38.6 Å². The van der Waals surface area contributed by atoms with E-state index in [2.05, 4.69) is 15.0 Å². The van der Waals surface area contributed by atoms with Crippen molar-refractivity contribution in [3.05, 3.63) is 59.1 Å². The molecule has 4 nitrogen and oxygen atoms in total. The number of amides is 1. The summed E-state index contributed by atoms with van der Waals surface area (Å²) in [5, 5.41) is 3.86. The number of carbonyl (C=O) groups is 1. The molecule has 1 atom stereocenters. The highest BCUT2D eigenvalue weighted by atomic mass is 32.1. The van der Waals surface area contributed by atoms with E-state index in [4.69, 9.17) is 0 Å². The van der Waals surface area contributed by atoms with E-state index in [1.807, 2.05) is 24.3 Å². The third-order valence-electron chi connectivity index (χ3n) is 4.12. The molecule has 2 aromatic carbocycles. The van der Waals surface area contributed by atoms with E-state index in [0.717, 1.165) is 21.6 Å². The summed E-state index contributed by atoms with van der Waals surface area (Å²) < 4.78 is 41.5. The maximum atomic E-state index is 12.2. The van der Waals surface area contributed by atoms with Crippen molar-refractivity contribution < 1.29 is 22.7 Å². The summed E-state index contributed by atoms with van der Waals surface area (Å²) in [4.78, 5) is 16.7. The lowest BCUT2D eigenvalue weighted by atomic mass is 10.1. The monoisotopic (exact) mass is 408 g/mol. The number of para-hydroxylation sites is 1. The molecule has 0 aliphatic carbocycles. The Morgan fingerprint density at radius 1 is 1.18 bits per heavy atom. The molecule has 0 fully saturated rings. The Balaban J connectivity index is 1.46. The SMILES string of the molecule is CC(NC(=O)CCCc1nc2ccccc2s1)c1ccc(OC(F)(F)F)cc1. The van der Waals surface area contributed by atoms with Gasteiger partial charge in [-0.2, -0.15) is 0 Å². The van der Waals surface area contributed by atoms with Crippen LogP contribution in [0.4, 0.5) is 13.2 Å². The lowest BCUT2D eigenvalue weighted by Crippen LogP contribution is -2.26. The molecule has 0 aliphatic heterocycles. The molecular formula is C20H19F3N2O2S. The van der Waals surface area contributed by atoms with Gasteiger partial charge >= 0.3 is 6.36 Å². The fraction of sp³-hybridized carbons (Fsp3) is 0.300. The zero-order valence-electron chi connectivity index (χ0n) is 15.1. The lowest BCUT2D eigenvalue weighted by Gasteiger charge is -2.15. The van der Waals surface area contributed by atoms with Gasteiger partial charge in [0.25, 0.3) is 0 Å². The summed E-state index contributed by atoms with van der Waals surface area (Å²) in [6.07, 6.45) is -2.96. The highest BCUT2D eigenvalue weighted by Gasteiger charge is 2.31. The van der Waals surface area contributed by atoms with Crippen molar-refractivity contribution >= 4 is 27.5 Å². The normalized spacial score (nSPS) is 12.7. The van der Waals surface area contributed by atoms with Crippen LogP contribution in [0.25, 0.3) is 10.2 Å². The number of ether oxygens (including phenoxy) is 1.